The molecule has 9 heteroatoms. The number of carbonyl (C=O) groups is 3. The molecule has 3 amide bonds. The van der Waals surface area contributed by atoms with Crippen LogP contribution in [0, 0.1) is 0 Å². The summed E-state index contributed by atoms with van der Waals surface area (Å²) < 4.78 is 5.23. The van der Waals surface area contributed by atoms with Gasteiger partial charge in [-0.15, -0.1) is 0 Å². The van der Waals surface area contributed by atoms with Crippen LogP contribution in [0.3, 0.4) is 0 Å². The van der Waals surface area contributed by atoms with Crippen molar-refractivity contribution in [2.45, 2.75) is 64.9 Å². The van der Waals surface area contributed by atoms with E-state index in [4.69, 9.17) is 4.74 Å². The molecule has 35 heavy (non-hydrogen) atoms. The number of phenols is 1. The fraction of sp³-hybridized carbons (Fsp3) is 0.385. The lowest BCUT2D eigenvalue weighted by molar-refractivity contribution is -0.121. The maximum atomic E-state index is 12.0. The van der Waals surface area contributed by atoms with Gasteiger partial charge in [-0.3, -0.25) is 14.9 Å². The normalized spacial score (nSPS) is 11.2. The highest BCUT2D eigenvalue weighted by Crippen LogP contribution is 2.21. The molecule has 0 radical (unpaired) electrons. The lowest BCUT2D eigenvalue weighted by atomic mass is 10.1. The van der Waals surface area contributed by atoms with Crippen molar-refractivity contribution in [3.05, 3.63) is 54.1 Å². The monoisotopic (exact) mass is 482 g/mol. The van der Waals surface area contributed by atoms with Gasteiger partial charge in [0.1, 0.15) is 11.4 Å². The Morgan fingerprint density at radius 3 is 2.29 bits per heavy atom. The Morgan fingerprint density at radius 2 is 1.60 bits per heavy atom. The Balaban J connectivity index is 1.60. The van der Waals surface area contributed by atoms with E-state index >= 15 is 0 Å². The van der Waals surface area contributed by atoms with Crippen molar-refractivity contribution in [2.75, 3.05) is 10.6 Å². The predicted molar refractivity (Wildman–Crippen MR) is 136 cm³/mol. The van der Waals surface area contributed by atoms with Gasteiger partial charge in [0, 0.05) is 18.5 Å². The van der Waals surface area contributed by atoms with Gasteiger partial charge in [-0.1, -0.05) is 37.1 Å². The summed E-state index contributed by atoms with van der Waals surface area (Å²) in [6, 6.07) is 13.6. The highest BCUT2D eigenvalue weighted by atomic mass is 16.6. The van der Waals surface area contributed by atoms with E-state index in [9.17, 15) is 19.5 Å². The molecule has 0 saturated heterocycles. The quantitative estimate of drug-likeness (QED) is 0.152. The molecule has 2 aromatic rings. The number of para-hydroxylation sites is 2. The average molecular weight is 483 g/mol. The van der Waals surface area contributed by atoms with Crippen LogP contribution in [-0.2, 0) is 14.3 Å². The molecule has 0 aromatic heterocycles. The zero-order valence-corrected chi connectivity index (χ0v) is 20.5. The number of carbonyl (C=O) groups excluding carboxylic acids is 3. The third-order valence-electron chi connectivity index (χ3n) is 4.67. The Hall–Kier alpha value is -3.88. The summed E-state index contributed by atoms with van der Waals surface area (Å²) in [5.74, 6) is -0.301. The molecular weight excluding hydrogens is 448 g/mol. The second kappa shape index (κ2) is 13.7. The van der Waals surface area contributed by atoms with Crippen LogP contribution < -0.4 is 16.1 Å². The van der Waals surface area contributed by atoms with Gasteiger partial charge in [-0.25, -0.2) is 10.2 Å². The van der Waals surface area contributed by atoms with E-state index in [0.717, 1.165) is 12.8 Å². The summed E-state index contributed by atoms with van der Waals surface area (Å²) in [5, 5.41) is 19.0. The third kappa shape index (κ3) is 11.7. The van der Waals surface area contributed by atoms with Gasteiger partial charge in [0.05, 0.1) is 11.9 Å². The van der Waals surface area contributed by atoms with Gasteiger partial charge in [0.25, 0.3) is 0 Å². The molecule has 0 unspecified atom stereocenters. The Labute approximate surface area is 206 Å². The Morgan fingerprint density at radius 1 is 0.914 bits per heavy atom. The average Bonchev–Trinajstić information content (AvgIpc) is 2.76. The molecule has 0 aliphatic rings. The van der Waals surface area contributed by atoms with Gasteiger partial charge in [0.2, 0.25) is 11.8 Å². The predicted octanol–water partition coefficient (Wildman–Crippen LogP) is 5.17. The number of amides is 3. The van der Waals surface area contributed by atoms with Crippen LogP contribution in [0.5, 0.6) is 5.75 Å². The first-order chi connectivity index (χ1) is 16.6. The minimum absolute atomic E-state index is 0.0414. The molecule has 0 aliphatic carbocycles. The number of hydrogen-bond acceptors (Lipinski definition) is 6. The Bertz CT molecular complexity index is 1030. The fourth-order valence-corrected chi connectivity index (χ4v) is 3.07. The summed E-state index contributed by atoms with van der Waals surface area (Å²) in [4.78, 5) is 35.8. The highest BCUT2D eigenvalue weighted by molar-refractivity contribution is 5.92. The van der Waals surface area contributed by atoms with Crippen molar-refractivity contribution in [1.82, 2.24) is 5.43 Å². The minimum atomic E-state index is -0.588. The third-order valence-corrected chi connectivity index (χ3v) is 4.67. The van der Waals surface area contributed by atoms with E-state index in [-0.39, 0.29) is 17.6 Å². The fourth-order valence-electron chi connectivity index (χ4n) is 3.07. The first-order valence-corrected chi connectivity index (χ1v) is 11.6. The van der Waals surface area contributed by atoms with Gasteiger partial charge < -0.3 is 15.2 Å². The van der Waals surface area contributed by atoms with Crippen molar-refractivity contribution in [3.8, 4) is 5.75 Å². The van der Waals surface area contributed by atoms with Crippen molar-refractivity contribution in [2.24, 2.45) is 5.10 Å². The Kier molecular flexibility index (Phi) is 10.7. The van der Waals surface area contributed by atoms with Gasteiger partial charge >= 0.3 is 6.09 Å². The zero-order valence-electron chi connectivity index (χ0n) is 20.5. The first-order valence-electron chi connectivity index (χ1n) is 11.6. The van der Waals surface area contributed by atoms with E-state index in [1.165, 1.54) is 12.3 Å². The molecule has 0 heterocycles. The summed E-state index contributed by atoms with van der Waals surface area (Å²) in [6.07, 6.45) is 4.68. The van der Waals surface area contributed by atoms with Crippen LogP contribution in [-0.4, -0.2) is 34.8 Å². The maximum Gasteiger partial charge on any atom is 0.412 e. The van der Waals surface area contributed by atoms with E-state index in [1.807, 2.05) is 0 Å². The summed E-state index contributed by atoms with van der Waals surface area (Å²) in [5.41, 5.74) is 3.58. The van der Waals surface area contributed by atoms with Crippen LogP contribution in [0.4, 0.5) is 16.2 Å². The zero-order chi connectivity index (χ0) is 25.7. The van der Waals surface area contributed by atoms with Crippen molar-refractivity contribution in [3.63, 3.8) is 0 Å². The molecule has 0 atom stereocenters. The van der Waals surface area contributed by atoms with Crippen molar-refractivity contribution >= 4 is 35.5 Å². The molecule has 4 N–H and O–H groups in total. The molecule has 188 valence electrons. The van der Waals surface area contributed by atoms with Gasteiger partial charge in [0.15, 0.2) is 0 Å². The minimum Gasteiger partial charge on any atom is -0.506 e. The number of hydrazone groups is 1. The van der Waals surface area contributed by atoms with E-state index in [1.54, 1.807) is 63.2 Å². The molecule has 0 fully saturated rings. The maximum absolute atomic E-state index is 12.0. The number of ether oxygens (including phenoxy) is 1. The molecule has 0 aliphatic heterocycles. The number of nitrogens with one attached hydrogen (secondary N) is 3. The van der Waals surface area contributed by atoms with Crippen LogP contribution in [0.25, 0.3) is 0 Å². The molecule has 0 spiro atoms. The van der Waals surface area contributed by atoms with Gasteiger partial charge in [-0.05, 0) is 63.4 Å². The van der Waals surface area contributed by atoms with Crippen molar-refractivity contribution in [1.29, 1.82) is 0 Å². The lowest BCUT2D eigenvalue weighted by Crippen LogP contribution is -2.27. The van der Waals surface area contributed by atoms with Gasteiger partial charge in [-0.2, -0.15) is 5.10 Å². The number of anilines is 2. The molecule has 9 nitrogen and oxygen atoms in total. The second-order valence-corrected chi connectivity index (χ2v) is 9.03. The number of phenolic OH excluding ortho intramolecular Hbond substituents is 1. The number of nitrogens with zero attached hydrogens (tertiary/aromatic N) is 1. The first kappa shape index (κ1) is 27.4. The summed E-state index contributed by atoms with van der Waals surface area (Å²) >= 11 is 0. The van der Waals surface area contributed by atoms with E-state index in [2.05, 4.69) is 21.2 Å². The largest absolute Gasteiger partial charge is 0.506 e. The van der Waals surface area contributed by atoms with Crippen molar-refractivity contribution < 1.29 is 24.2 Å². The molecule has 2 aromatic carbocycles. The van der Waals surface area contributed by atoms with Crippen LogP contribution in [0.2, 0.25) is 0 Å². The van der Waals surface area contributed by atoms with E-state index in [0.29, 0.717) is 42.6 Å². The molecular formula is C26H34N4O5. The van der Waals surface area contributed by atoms with Crippen LogP contribution >= 0.6 is 0 Å². The SMILES string of the molecule is CC(C)(C)OC(=O)Nc1cccc(/C=N/NC(=O)CCCCCCC(=O)Nc2ccccc2O)c1. The standard InChI is InChI=1S/C26H34N4O5/c1-26(2,3)35-25(34)28-20-12-10-11-19(17-20)18-27-30-24(33)16-7-5-4-6-15-23(32)29-21-13-8-9-14-22(21)31/h8-14,17-18,31H,4-7,15-16H2,1-3H3,(H,28,34)(H,29,32)(H,30,33)/b27-18+. The smallest absolute Gasteiger partial charge is 0.412 e. The van der Waals surface area contributed by atoms with Crippen LogP contribution in [0.1, 0.15) is 64.9 Å². The lowest BCUT2D eigenvalue weighted by Gasteiger charge is -2.19. The number of rotatable bonds is 11. The molecule has 0 saturated carbocycles. The van der Waals surface area contributed by atoms with E-state index < -0.39 is 11.7 Å². The highest BCUT2D eigenvalue weighted by Gasteiger charge is 2.16. The summed E-state index contributed by atoms with van der Waals surface area (Å²) in [7, 11) is 0. The number of unbranched alkanes of at least 4 members (excludes halogenated alkanes) is 3. The topological polar surface area (TPSA) is 129 Å². The number of benzene rings is 2. The second-order valence-electron chi connectivity index (χ2n) is 9.03. The molecule has 2 rings (SSSR count). The number of aromatic hydroxyl groups is 1. The number of hydrogen-bond donors (Lipinski definition) is 4. The summed E-state index contributed by atoms with van der Waals surface area (Å²) in [6.45, 7) is 5.37. The van der Waals surface area contributed by atoms with Crippen LogP contribution in [0.15, 0.2) is 53.6 Å². The molecule has 0 bridgehead atoms.